The number of amides is 1. The summed E-state index contributed by atoms with van der Waals surface area (Å²) in [6.07, 6.45) is 0.172. The predicted octanol–water partition coefficient (Wildman–Crippen LogP) is 3.63. The highest BCUT2D eigenvalue weighted by molar-refractivity contribution is 8.01. The van der Waals surface area contributed by atoms with Gasteiger partial charge in [0.2, 0.25) is 11.0 Å². The van der Waals surface area contributed by atoms with Gasteiger partial charge in [0, 0.05) is 18.8 Å². The van der Waals surface area contributed by atoms with Gasteiger partial charge in [0.15, 0.2) is 4.34 Å². The van der Waals surface area contributed by atoms with E-state index in [0.29, 0.717) is 18.8 Å². The molecule has 2 heterocycles. The summed E-state index contributed by atoms with van der Waals surface area (Å²) in [5.41, 5.74) is 3.48. The maximum Gasteiger partial charge on any atom is 0.233 e. The summed E-state index contributed by atoms with van der Waals surface area (Å²) in [7, 11) is 0. The zero-order valence-corrected chi connectivity index (χ0v) is 17.1. The fourth-order valence-corrected chi connectivity index (χ4v) is 4.53. The molecule has 0 aliphatic carbocycles. The van der Waals surface area contributed by atoms with Gasteiger partial charge in [-0.15, -0.1) is 10.2 Å². The Morgan fingerprint density at radius 2 is 2.00 bits per heavy atom. The number of rotatable bonds is 5. The summed E-state index contributed by atoms with van der Waals surface area (Å²) >= 11 is 2.90. The topological polar surface area (TPSA) is 67.4 Å². The summed E-state index contributed by atoms with van der Waals surface area (Å²) in [4.78, 5) is 14.3. The third-order valence-electron chi connectivity index (χ3n) is 4.26. The first-order chi connectivity index (χ1) is 12.4. The average molecular weight is 393 g/mol. The van der Waals surface area contributed by atoms with Crippen LogP contribution < -0.4 is 5.32 Å². The quantitative estimate of drug-likeness (QED) is 0.784. The number of carbonyl (C=O) groups excluding carboxylic acids is 1. The van der Waals surface area contributed by atoms with Gasteiger partial charge in [0.05, 0.1) is 18.0 Å². The number of hydrogen-bond donors (Lipinski definition) is 1. The molecule has 140 valence electrons. The molecule has 0 radical (unpaired) electrons. The summed E-state index contributed by atoms with van der Waals surface area (Å²) in [6, 6.07) is 6.20. The van der Waals surface area contributed by atoms with Crippen molar-refractivity contribution >= 4 is 39.8 Å². The third kappa shape index (κ3) is 4.96. The van der Waals surface area contributed by atoms with Gasteiger partial charge in [-0.3, -0.25) is 4.79 Å². The van der Waals surface area contributed by atoms with Crippen molar-refractivity contribution in [1.82, 2.24) is 15.1 Å². The summed E-state index contributed by atoms with van der Waals surface area (Å²) in [6.45, 7) is 9.47. The largest absolute Gasteiger partial charge is 0.372 e. The molecule has 6 nitrogen and oxygen atoms in total. The van der Waals surface area contributed by atoms with Crippen LogP contribution in [0.5, 0.6) is 0 Å². The minimum Gasteiger partial charge on any atom is -0.372 e. The standard InChI is InChI=1S/C18H24N4O2S2/c1-11-5-6-15(7-12(11)2)19-17-20-21-18(26-17)25-10-16(23)22-8-13(3)24-14(4)9-22/h5-7,13-14H,8-10H2,1-4H3,(H,19,20)/t13-,14+. The summed E-state index contributed by atoms with van der Waals surface area (Å²) in [5.74, 6) is 0.494. The minimum absolute atomic E-state index is 0.0861. The molecule has 8 heteroatoms. The molecule has 2 atom stereocenters. The Balaban J connectivity index is 1.53. The van der Waals surface area contributed by atoms with Crippen LogP contribution in [-0.2, 0) is 9.53 Å². The van der Waals surface area contributed by atoms with Gasteiger partial charge >= 0.3 is 0 Å². The monoisotopic (exact) mass is 392 g/mol. The van der Waals surface area contributed by atoms with E-state index in [1.807, 2.05) is 24.8 Å². The number of hydrogen-bond acceptors (Lipinski definition) is 7. The van der Waals surface area contributed by atoms with Gasteiger partial charge in [0.25, 0.3) is 0 Å². The lowest BCUT2D eigenvalue weighted by atomic mass is 10.1. The van der Waals surface area contributed by atoms with Crippen LogP contribution in [0.25, 0.3) is 0 Å². The Hall–Kier alpha value is -1.64. The highest BCUT2D eigenvalue weighted by Gasteiger charge is 2.25. The number of anilines is 2. The second-order valence-electron chi connectivity index (χ2n) is 6.64. The molecule has 1 N–H and O–H groups in total. The second-order valence-corrected chi connectivity index (χ2v) is 8.84. The van der Waals surface area contributed by atoms with Crippen molar-refractivity contribution in [1.29, 1.82) is 0 Å². The van der Waals surface area contributed by atoms with E-state index in [9.17, 15) is 4.79 Å². The normalized spacial score (nSPS) is 20.2. The lowest BCUT2D eigenvalue weighted by Crippen LogP contribution is -2.48. The Labute approximate surface area is 162 Å². The number of thioether (sulfide) groups is 1. The molecule has 3 rings (SSSR count). The van der Waals surface area contributed by atoms with E-state index < -0.39 is 0 Å². The Kier molecular flexibility index (Phi) is 6.16. The molecule has 1 amide bonds. The average Bonchev–Trinajstić information content (AvgIpc) is 3.02. The van der Waals surface area contributed by atoms with Crippen LogP contribution in [0.4, 0.5) is 10.8 Å². The molecule has 1 aliphatic heterocycles. The summed E-state index contributed by atoms with van der Waals surface area (Å²) in [5, 5.41) is 12.4. The third-order valence-corrected chi connectivity index (χ3v) is 6.21. The number of carbonyl (C=O) groups is 1. The first-order valence-corrected chi connectivity index (χ1v) is 10.4. The van der Waals surface area contributed by atoms with Crippen molar-refractivity contribution in [2.75, 3.05) is 24.2 Å². The second kappa shape index (κ2) is 8.37. The molecule has 1 fully saturated rings. The van der Waals surface area contributed by atoms with Gasteiger partial charge in [-0.05, 0) is 51.0 Å². The smallest absolute Gasteiger partial charge is 0.233 e. The van der Waals surface area contributed by atoms with Crippen molar-refractivity contribution in [3.63, 3.8) is 0 Å². The maximum atomic E-state index is 12.4. The summed E-state index contributed by atoms with van der Waals surface area (Å²) < 4.78 is 6.47. The van der Waals surface area contributed by atoms with Crippen molar-refractivity contribution < 1.29 is 9.53 Å². The van der Waals surface area contributed by atoms with Crippen LogP contribution in [0, 0.1) is 13.8 Å². The number of ether oxygens (including phenoxy) is 1. The van der Waals surface area contributed by atoms with Crippen LogP contribution in [0.15, 0.2) is 22.5 Å². The highest BCUT2D eigenvalue weighted by Crippen LogP contribution is 2.28. The lowest BCUT2D eigenvalue weighted by molar-refractivity contribution is -0.140. The number of benzene rings is 1. The fraction of sp³-hybridized carbons (Fsp3) is 0.500. The molecular formula is C18H24N4O2S2. The first-order valence-electron chi connectivity index (χ1n) is 8.64. The number of aromatic nitrogens is 2. The predicted molar refractivity (Wildman–Crippen MR) is 106 cm³/mol. The SMILES string of the molecule is Cc1ccc(Nc2nnc(SCC(=O)N3C[C@@H](C)O[C@@H](C)C3)s2)cc1C. The van der Waals surface area contributed by atoms with Crippen LogP contribution in [-0.4, -0.2) is 52.1 Å². The lowest BCUT2D eigenvalue weighted by Gasteiger charge is -2.35. The number of morpholine rings is 1. The van der Waals surface area contributed by atoms with E-state index in [1.165, 1.54) is 34.2 Å². The van der Waals surface area contributed by atoms with E-state index in [0.717, 1.165) is 15.2 Å². The van der Waals surface area contributed by atoms with Gasteiger partial charge in [-0.1, -0.05) is 29.2 Å². The molecule has 0 spiro atoms. The van der Waals surface area contributed by atoms with Gasteiger partial charge in [0.1, 0.15) is 0 Å². The molecule has 1 aliphatic rings. The van der Waals surface area contributed by atoms with Crippen molar-refractivity contribution in [2.45, 2.75) is 44.2 Å². The zero-order valence-electron chi connectivity index (χ0n) is 15.5. The van der Waals surface area contributed by atoms with Gasteiger partial charge in [-0.2, -0.15) is 0 Å². The fourth-order valence-electron chi connectivity index (χ4n) is 2.86. The Bertz CT molecular complexity index is 770. The molecule has 1 saturated heterocycles. The minimum atomic E-state index is 0.0861. The van der Waals surface area contributed by atoms with Crippen LogP contribution in [0.3, 0.4) is 0 Å². The van der Waals surface area contributed by atoms with Crippen LogP contribution in [0.2, 0.25) is 0 Å². The van der Waals surface area contributed by atoms with Crippen molar-refractivity contribution in [3.05, 3.63) is 29.3 Å². The van der Waals surface area contributed by atoms with Gasteiger partial charge < -0.3 is 15.0 Å². The van der Waals surface area contributed by atoms with E-state index in [1.54, 1.807) is 0 Å². The van der Waals surface area contributed by atoms with Crippen LogP contribution in [0.1, 0.15) is 25.0 Å². The van der Waals surface area contributed by atoms with Crippen molar-refractivity contribution in [3.8, 4) is 0 Å². The van der Waals surface area contributed by atoms with E-state index in [4.69, 9.17) is 4.74 Å². The molecular weight excluding hydrogens is 368 g/mol. The number of aryl methyl sites for hydroxylation is 2. The molecule has 26 heavy (non-hydrogen) atoms. The molecule has 1 aromatic carbocycles. The number of nitrogens with one attached hydrogen (secondary N) is 1. The highest BCUT2D eigenvalue weighted by atomic mass is 32.2. The van der Waals surface area contributed by atoms with Crippen molar-refractivity contribution in [2.24, 2.45) is 0 Å². The number of nitrogens with zero attached hydrogens (tertiary/aromatic N) is 3. The van der Waals surface area contributed by atoms with Crippen LogP contribution >= 0.6 is 23.1 Å². The first kappa shape index (κ1) is 19.1. The Morgan fingerprint density at radius 3 is 2.69 bits per heavy atom. The zero-order chi connectivity index (χ0) is 18.7. The van der Waals surface area contributed by atoms with E-state index in [-0.39, 0.29) is 18.1 Å². The van der Waals surface area contributed by atoms with E-state index in [2.05, 4.69) is 41.5 Å². The van der Waals surface area contributed by atoms with Gasteiger partial charge in [-0.25, -0.2) is 0 Å². The molecule has 2 aromatic rings. The Morgan fingerprint density at radius 1 is 1.27 bits per heavy atom. The molecule has 0 unspecified atom stereocenters. The molecule has 1 aromatic heterocycles. The maximum absolute atomic E-state index is 12.4. The van der Waals surface area contributed by atoms with E-state index >= 15 is 0 Å². The molecule has 0 saturated carbocycles. The molecule has 0 bridgehead atoms.